The number of nitrogens with two attached hydrogens (primary N) is 1. The molecule has 0 bridgehead atoms. The number of ether oxygens (including phenoxy) is 1. The zero-order chi connectivity index (χ0) is 14.7. The van der Waals surface area contributed by atoms with Crippen molar-refractivity contribution in [1.82, 2.24) is 0 Å². The van der Waals surface area contributed by atoms with Crippen LogP contribution in [0.3, 0.4) is 0 Å². The molecular formula is C19H23NO. The molecule has 0 aromatic heterocycles. The molecule has 0 aliphatic heterocycles. The largest absolute Gasteiger partial charge is 0.486 e. The summed E-state index contributed by atoms with van der Waals surface area (Å²) in [6, 6.07) is 17.0. The SMILES string of the molecule is CC[C@@H](N)c1ccc(OC2CCCc3ccccc32)cc1. The Morgan fingerprint density at radius 2 is 1.90 bits per heavy atom. The van der Waals surface area contributed by atoms with E-state index in [9.17, 15) is 0 Å². The Labute approximate surface area is 126 Å². The van der Waals surface area contributed by atoms with Crippen LogP contribution in [0.1, 0.15) is 55.0 Å². The Morgan fingerprint density at radius 3 is 2.67 bits per heavy atom. The summed E-state index contributed by atoms with van der Waals surface area (Å²) in [5, 5.41) is 0. The molecule has 1 unspecified atom stereocenters. The van der Waals surface area contributed by atoms with Gasteiger partial charge in [0.15, 0.2) is 0 Å². The molecule has 0 saturated carbocycles. The van der Waals surface area contributed by atoms with Gasteiger partial charge in [0, 0.05) is 6.04 Å². The van der Waals surface area contributed by atoms with Gasteiger partial charge in [0.05, 0.1) is 0 Å². The predicted octanol–water partition coefficient (Wildman–Crippen LogP) is 4.55. The van der Waals surface area contributed by atoms with Gasteiger partial charge in [-0.25, -0.2) is 0 Å². The first kappa shape index (κ1) is 14.2. The van der Waals surface area contributed by atoms with Gasteiger partial charge in [-0.3, -0.25) is 0 Å². The second kappa shape index (κ2) is 6.31. The summed E-state index contributed by atoms with van der Waals surface area (Å²) in [6.07, 6.45) is 4.59. The average molecular weight is 281 g/mol. The lowest BCUT2D eigenvalue weighted by molar-refractivity contribution is 0.183. The lowest BCUT2D eigenvalue weighted by Gasteiger charge is -2.26. The van der Waals surface area contributed by atoms with Crippen molar-refractivity contribution in [3.63, 3.8) is 0 Å². The quantitative estimate of drug-likeness (QED) is 0.892. The van der Waals surface area contributed by atoms with Gasteiger partial charge >= 0.3 is 0 Å². The van der Waals surface area contributed by atoms with Crippen molar-refractivity contribution < 1.29 is 4.74 Å². The second-order valence-electron chi connectivity index (χ2n) is 5.78. The summed E-state index contributed by atoms with van der Waals surface area (Å²) < 4.78 is 6.21. The van der Waals surface area contributed by atoms with E-state index in [-0.39, 0.29) is 12.1 Å². The third-order valence-corrected chi connectivity index (χ3v) is 4.34. The van der Waals surface area contributed by atoms with Crippen LogP contribution in [0.4, 0.5) is 0 Å². The maximum atomic E-state index is 6.21. The standard InChI is InChI=1S/C19H23NO/c1-2-18(20)15-10-12-16(13-11-15)21-19-9-5-7-14-6-3-4-8-17(14)19/h3-4,6,8,10-13,18-19H,2,5,7,9,20H2,1H3/t18-,19?/m1/s1. The predicted molar refractivity (Wildman–Crippen MR) is 86.4 cm³/mol. The monoisotopic (exact) mass is 281 g/mol. The van der Waals surface area contributed by atoms with E-state index in [0.29, 0.717) is 0 Å². The Balaban J connectivity index is 1.76. The normalized spacial score (nSPS) is 18.9. The third kappa shape index (κ3) is 3.11. The summed E-state index contributed by atoms with van der Waals surface area (Å²) in [5.74, 6) is 0.934. The Bertz CT molecular complexity index is 591. The number of hydrogen-bond acceptors (Lipinski definition) is 2. The van der Waals surface area contributed by atoms with Crippen LogP contribution in [0, 0.1) is 0 Å². The van der Waals surface area contributed by atoms with Gasteiger partial charge in [0.25, 0.3) is 0 Å². The Hall–Kier alpha value is -1.80. The first-order valence-corrected chi connectivity index (χ1v) is 7.88. The van der Waals surface area contributed by atoms with E-state index in [0.717, 1.165) is 18.6 Å². The number of rotatable bonds is 4. The van der Waals surface area contributed by atoms with Gasteiger partial charge in [-0.2, -0.15) is 0 Å². The fraction of sp³-hybridized carbons (Fsp3) is 0.368. The minimum Gasteiger partial charge on any atom is -0.486 e. The molecule has 1 aliphatic carbocycles. The summed E-state index contributed by atoms with van der Waals surface area (Å²) in [7, 11) is 0. The van der Waals surface area contributed by atoms with E-state index >= 15 is 0 Å². The molecule has 2 aromatic carbocycles. The summed E-state index contributed by atoms with van der Waals surface area (Å²) in [5.41, 5.74) is 10.0. The molecule has 2 N–H and O–H groups in total. The van der Waals surface area contributed by atoms with Crippen LogP contribution in [0.25, 0.3) is 0 Å². The van der Waals surface area contributed by atoms with Crippen LogP contribution in [0.2, 0.25) is 0 Å². The highest BCUT2D eigenvalue weighted by Crippen LogP contribution is 2.33. The van der Waals surface area contributed by atoms with Gasteiger partial charge in [-0.15, -0.1) is 0 Å². The van der Waals surface area contributed by atoms with Gasteiger partial charge in [0.2, 0.25) is 0 Å². The molecule has 2 aromatic rings. The van der Waals surface area contributed by atoms with Crippen molar-refractivity contribution in [2.45, 2.75) is 44.8 Å². The molecule has 2 atom stereocenters. The number of hydrogen-bond donors (Lipinski definition) is 1. The Kier molecular flexibility index (Phi) is 4.26. The molecule has 1 aliphatic rings. The molecular weight excluding hydrogens is 258 g/mol. The molecule has 110 valence electrons. The van der Waals surface area contributed by atoms with Crippen LogP contribution in [0.5, 0.6) is 5.75 Å². The van der Waals surface area contributed by atoms with Crippen LogP contribution in [-0.4, -0.2) is 0 Å². The van der Waals surface area contributed by atoms with Gasteiger partial charge in [0.1, 0.15) is 11.9 Å². The van der Waals surface area contributed by atoms with Gasteiger partial charge in [-0.05, 0) is 54.5 Å². The van der Waals surface area contributed by atoms with Crippen molar-refractivity contribution >= 4 is 0 Å². The molecule has 0 saturated heterocycles. The minimum absolute atomic E-state index is 0.120. The molecule has 2 heteroatoms. The highest BCUT2D eigenvalue weighted by Gasteiger charge is 2.21. The zero-order valence-electron chi connectivity index (χ0n) is 12.6. The molecule has 0 amide bonds. The lowest BCUT2D eigenvalue weighted by atomic mass is 9.89. The first-order valence-electron chi connectivity index (χ1n) is 7.88. The third-order valence-electron chi connectivity index (χ3n) is 4.34. The van der Waals surface area contributed by atoms with Crippen molar-refractivity contribution in [3.05, 3.63) is 65.2 Å². The van der Waals surface area contributed by atoms with E-state index in [1.165, 1.54) is 29.5 Å². The van der Waals surface area contributed by atoms with E-state index in [4.69, 9.17) is 10.5 Å². The first-order chi connectivity index (χ1) is 10.3. The van der Waals surface area contributed by atoms with Crippen LogP contribution in [-0.2, 0) is 6.42 Å². The fourth-order valence-electron chi connectivity index (χ4n) is 3.03. The summed E-state index contributed by atoms with van der Waals surface area (Å²) in [6.45, 7) is 2.11. The van der Waals surface area contributed by atoms with Crippen molar-refractivity contribution in [1.29, 1.82) is 0 Å². The van der Waals surface area contributed by atoms with Crippen LogP contribution >= 0.6 is 0 Å². The molecule has 21 heavy (non-hydrogen) atoms. The van der Waals surface area contributed by atoms with E-state index in [1.807, 2.05) is 12.1 Å². The topological polar surface area (TPSA) is 35.2 Å². The number of fused-ring (bicyclic) bond motifs is 1. The summed E-state index contributed by atoms with van der Waals surface area (Å²) >= 11 is 0. The summed E-state index contributed by atoms with van der Waals surface area (Å²) in [4.78, 5) is 0. The maximum Gasteiger partial charge on any atom is 0.124 e. The highest BCUT2D eigenvalue weighted by atomic mass is 16.5. The van der Waals surface area contributed by atoms with Crippen LogP contribution in [0.15, 0.2) is 48.5 Å². The minimum atomic E-state index is 0.120. The second-order valence-corrected chi connectivity index (χ2v) is 5.78. The molecule has 3 rings (SSSR count). The van der Waals surface area contributed by atoms with E-state index in [2.05, 4.69) is 43.3 Å². The van der Waals surface area contributed by atoms with Crippen molar-refractivity contribution in [2.24, 2.45) is 5.73 Å². The van der Waals surface area contributed by atoms with E-state index in [1.54, 1.807) is 0 Å². The fourth-order valence-corrected chi connectivity index (χ4v) is 3.03. The molecule has 0 heterocycles. The number of benzene rings is 2. The average Bonchev–Trinajstić information content (AvgIpc) is 2.55. The van der Waals surface area contributed by atoms with Crippen molar-refractivity contribution in [3.8, 4) is 5.75 Å². The lowest BCUT2D eigenvalue weighted by Crippen LogP contribution is -2.15. The van der Waals surface area contributed by atoms with Gasteiger partial charge < -0.3 is 10.5 Å². The van der Waals surface area contributed by atoms with Crippen LogP contribution < -0.4 is 10.5 Å². The molecule has 0 spiro atoms. The molecule has 0 radical (unpaired) electrons. The number of aryl methyl sites for hydroxylation is 1. The molecule has 2 nitrogen and oxygen atoms in total. The van der Waals surface area contributed by atoms with Gasteiger partial charge in [-0.1, -0.05) is 43.3 Å². The molecule has 0 fully saturated rings. The van der Waals surface area contributed by atoms with E-state index < -0.39 is 0 Å². The zero-order valence-corrected chi connectivity index (χ0v) is 12.6. The Morgan fingerprint density at radius 1 is 1.14 bits per heavy atom. The van der Waals surface area contributed by atoms with Crippen molar-refractivity contribution in [2.75, 3.05) is 0 Å². The highest BCUT2D eigenvalue weighted by molar-refractivity contribution is 5.34. The smallest absolute Gasteiger partial charge is 0.124 e. The maximum absolute atomic E-state index is 6.21.